The molecule has 2 N–H and O–H groups in total. The number of unbranched alkanes of at least 4 members (excludes halogenated alkanes) is 2. The summed E-state index contributed by atoms with van der Waals surface area (Å²) in [5, 5.41) is 9.25. The first-order valence-electron chi connectivity index (χ1n) is 9.91. The number of nitrogens with one attached hydrogen (secondary N) is 2. The Labute approximate surface area is 156 Å². The third kappa shape index (κ3) is 4.77. The molecule has 0 spiro atoms. The summed E-state index contributed by atoms with van der Waals surface area (Å²) in [6.07, 6.45) is 4.82. The monoisotopic (exact) mass is 350 g/mol. The maximum Gasteiger partial charge on any atom is 0.0968 e. The fourth-order valence-electron chi connectivity index (χ4n) is 3.08. The second-order valence-corrected chi connectivity index (χ2v) is 6.87. The molecule has 0 fully saturated rings. The zero-order chi connectivity index (χ0) is 18.2. The molecule has 26 heavy (non-hydrogen) atoms. The van der Waals surface area contributed by atoms with Crippen LogP contribution in [-0.2, 0) is 13.1 Å². The van der Waals surface area contributed by atoms with E-state index in [1.807, 2.05) is 0 Å². The van der Waals surface area contributed by atoms with Gasteiger partial charge in [0, 0.05) is 23.9 Å². The highest BCUT2D eigenvalue weighted by Gasteiger charge is 2.06. The molecule has 0 aliphatic heterocycles. The molecule has 0 aliphatic carbocycles. The number of benzene rings is 1. The summed E-state index contributed by atoms with van der Waals surface area (Å²) in [5.74, 6) is 0. The molecular weight excluding hydrogens is 320 g/mol. The zero-order valence-electron chi connectivity index (χ0n) is 16.0. The molecule has 0 radical (unpaired) electrons. The van der Waals surface area contributed by atoms with E-state index in [1.54, 1.807) is 0 Å². The molecule has 4 heteroatoms. The Hall–Kier alpha value is -2.04. The van der Waals surface area contributed by atoms with Crippen molar-refractivity contribution in [1.82, 2.24) is 20.6 Å². The van der Waals surface area contributed by atoms with Crippen LogP contribution in [0.5, 0.6) is 0 Å². The smallest absolute Gasteiger partial charge is 0.0968 e. The van der Waals surface area contributed by atoms with E-state index in [0.717, 1.165) is 59.4 Å². The Morgan fingerprint density at radius 1 is 0.654 bits per heavy atom. The molecule has 3 rings (SSSR count). The van der Waals surface area contributed by atoms with Gasteiger partial charge in [-0.15, -0.1) is 0 Å². The number of aromatic nitrogens is 2. The molecule has 0 bridgehead atoms. The predicted octanol–water partition coefficient (Wildman–Crippen LogP) is 4.56. The number of rotatable bonds is 10. The van der Waals surface area contributed by atoms with Gasteiger partial charge in [-0.05, 0) is 38.1 Å². The fraction of sp³-hybridized carbons (Fsp3) is 0.455. The number of nitrogens with zero attached hydrogens (tertiary/aromatic N) is 2. The summed E-state index contributed by atoms with van der Waals surface area (Å²) >= 11 is 0. The van der Waals surface area contributed by atoms with Gasteiger partial charge in [0.25, 0.3) is 0 Å². The Morgan fingerprint density at radius 3 is 1.50 bits per heavy atom. The van der Waals surface area contributed by atoms with Gasteiger partial charge in [0.1, 0.15) is 0 Å². The number of hydrogen-bond donors (Lipinski definition) is 2. The van der Waals surface area contributed by atoms with E-state index in [1.165, 1.54) is 25.7 Å². The third-order valence-corrected chi connectivity index (χ3v) is 4.66. The maximum absolute atomic E-state index is 4.91. The van der Waals surface area contributed by atoms with Crippen molar-refractivity contribution in [3.05, 3.63) is 47.8 Å². The van der Waals surface area contributed by atoms with Crippen LogP contribution in [0, 0.1) is 0 Å². The minimum Gasteiger partial charge on any atom is -0.311 e. The van der Waals surface area contributed by atoms with Crippen molar-refractivity contribution in [1.29, 1.82) is 0 Å². The standard InChI is InChI=1S/C22H30N4/c1-3-5-13-23-15-19-11-9-17-7-8-18-10-12-20(16-24-14-6-4-2)26-22(18)21(17)25-19/h7-12,23-24H,3-6,13-16H2,1-2H3. The minimum absolute atomic E-state index is 0.810. The summed E-state index contributed by atoms with van der Waals surface area (Å²) in [6, 6.07) is 12.8. The molecule has 0 aliphatic rings. The summed E-state index contributed by atoms with van der Waals surface area (Å²) < 4.78 is 0. The van der Waals surface area contributed by atoms with Gasteiger partial charge in [0.15, 0.2) is 0 Å². The summed E-state index contributed by atoms with van der Waals surface area (Å²) in [5.41, 5.74) is 4.17. The topological polar surface area (TPSA) is 49.8 Å². The van der Waals surface area contributed by atoms with Gasteiger partial charge in [0.05, 0.1) is 22.4 Å². The molecule has 2 heterocycles. The molecule has 0 saturated carbocycles. The maximum atomic E-state index is 4.91. The Kier molecular flexibility index (Phi) is 6.92. The summed E-state index contributed by atoms with van der Waals surface area (Å²) in [7, 11) is 0. The predicted molar refractivity (Wildman–Crippen MR) is 110 cm³/mol. The van der Waals surface area contributed by atoms with Crippen LogP contribution >= 0.6 is 0 Å². The van der Waals surface area contributed by atoms with Crippen LogP contribution in [0.4, 0.5) is 0 Å². The second kappa shape index (κ2) is 9.60. The molecule has 3 aromatic rings. The molecule has 138 valence electrons. The molecule has 0 saturated heterocycles. The van der Waals surface area contributed by atoms with Crippen LogP contribution in [0.1, 0.15) is 50.9 Å². The van der Waals surface area contributed by atoms with Crippen molar-refractivity contribution in [2.75, 3.05) is 13.1 Å². The van der Waals surface area contributed by atoms with Crippen molar-refractivity contribution in [2.45, 2.75) is 52.6 Å². The van der Waals surface area contributed by atoms with E-state index in [2.05, 4.69) is 60.9 Å². The van der Waals surface area contributed by atoms with Crippen LogP contribution in [0.25, 0.3) is 21.8 Å². The van der Waals surface area contributed by atoms with Crippen molar-refractivity contribution < 1.29 is 0 Å². The Balaban J connectivity index is 1.84. The van der Waals surface area contributed by atoms with Gasteiger partial charge in [-0.3, -0.25) is 0 Å². The van der Waals surface area contributed by atoms with E-state index in [9.17, 15) is 0 Å². The lowest BCUT2D eigenvalue weighted by molar-refractivity contribution is 0.634. The summed E-state index contributed by atoms with van der Waals surface area (Å²) in [4.78, 5) is 9.81. The molecular formula is C22H30N4. The summed E-state index contributed by atoms with van der Waals surface area (Å²) in [6.45, 7) is 8.12. The molecule has 2 aromatic heterocycles. The van der Waals surface area contributed by atoms with Crippen LogP contribution in [-0.4, -0.2) is 23.1 Å². The highest BCUT2D eigenvalue weighted by Crippen LogP contribution is 2.23. The van der Waals surface area contributed by atoms with Gasteiger partial charge in [-0.25, -0.2) is 9.97 Å². The van der Waals surface area contributed by atoms with E-state index in [-0.39, 0.29) is 0 Å². The van der Waals surface area contributed by atoms with Gasteiger partial charge in [-0.1, -0.05) is 51.0 Å². The molecule has 1 aromatic carbocycles. The first-order chi connectivity index (χ1) is 12.8. The lowest BCUT2D eigenvalue weighted by Gasteiger charge is -2.09. The molecule has 0 amide bonds. The van der Waals surface area contributed by atoms with Crippen molar-refractivity contribution in [3.63, 3.8) is 0 Å². The highest BCUT2D eigenvalue weighted by atomic mass is 14.9. The second-order valence-electron chi connectivity index (χ2n) is 6.87. The first kappa shape index (κ1) is 18.7. The minimum atomic E-state index is 0.810. The molecule has 0 unspecified atom stereocenters. The van der Waals surface area contributed by atoms with Gasteiger partial charge in [-0.2, -0.15) is 0 Å². The van der Waals surface area contributed by atoms with Crippen LogP contribution in [0.2, 0.25) is 0 Å². The lowest BCUT2D eigenvalue weighted by Crippen LogP contribution is -2.15. The first-order valence-corrected chi connectivity index (χ1v) is 9.91. The quantitative estimate of drug-likeness (QED) is 0.416. The van der Waals surface area contributed by atoms with Crippen molar-refractivity contribution in [3.8, 4) is 0 Å². The van der Waals surface area contributed by atoms with Crippen molar-refractivity contribution in [2.24, 2.45) is 0 Å². The van der Waals surface area contributed by atoms with Crippen molar-refractivity contribution >= 4 is 21.8 Å². The largest absolute Gasteiger partial charge is 0.311 e. The zero-order valence-corrected chi connectivity index (χ0v) is 16.0. The SMILES string of the molecule is CCCCNCc1ccc2ccc3ccc(CNCCCC)nc3c2n1. The Bertz CT molecular complexity index is 773. The van der Waals surface area contributed by atoms with Gasteiger partial charge >= 0.3 is 0 Å². The number of fused-ring (bicyclic) bond motifs is 3. The van der Waals surface area contributed by atoms with E-state index in [0.29, 0.717) is 0 Å². The normalized spacial score (nSPS) is 11.5. The van der Waals surface area contributed by atoms with Gasteiger partial charge < -0.3 is 10.6 Å². The van der Waals surface area contributed by atoms with E-state index in [4.69, 9.17) is 9.97 Å². The van der Waals surface area contributed by atoms with Crippen LogP contribution in [0.15, 0.2) is 36.4 Å². The lowest BCUT2D eigenvalue weighted by atomic mass is 10.1. The van der Waals surface area contributed by atoms with E-state index >= 15 is 0 Å². The average molecular weight is 351 g/mol. The van der Waals surface area contributed by atoms with Crippen LogP contribution < -0.4 is 10.6 Å². The molecule has 0 atom stereocenters. The Morgan fingerprint density at radius 2 is 1.08 bits per heavy atom. The average Bonchev–Trinajstić information content (AvgIpc) is 2.68. The van der Waals surface area contributed by atoms with Gasteiger partial charge in [0.2, 0.25) is 0 Å². The van der Waals surface area contributed by atoms with Crippen LogP contribution in [0.3, 0.4) is 0 Å². The molecule has 4 nitrogen and oxygen atoms in total. The number of pyridine rings is 2. The number of hydrogen-bond acceptors (Lipinski definition) is 4. The highest BCUT2D eigenvalue weighted by molar-refractivity contribution is 6.02. The third-order valence-electron chi connectivity index (χ3n) is 4.66. The van der Waals surface area contributed by atoms with E-state index < -0.39 is 0 Å². The fourth-order valence-corrected chi connectivity index (χ4v) is 3.08.